The van der Waals surface area contributed by atoms with Crippen molar-refractivity contribution in [2.75, 3.05) is 11.5 Å². The zero-order valence-corrected chi connectivity index (χ0v) is 12.3. The van der Waals surface area contributed by atoms with Crippen molar-refractivity contribution in [2.45, 2.75) is 13.8 Å². The van der Waals surface area contributed by atoms with Crippen molar-refractivity contribution in [3.63, 3.8) is 0 Å². The van der Waals surface area contributed by atoms with Crippen LogP contribution in [0.2, 0.25) is 0 Å². The number of nitrogen functional groups attached to an aromatic ring is 2. The van der Waals surface area contributed by atoms with Crippen LogP contribution >= 0.6 is 0 Å². The number of hydrogen-bond donors (Lipinski definition) is 3. The molecule has 0 saturated heterocycles. The number of nitro groups is 1. The van der Waals surface area contributed by atoms with Gasteiger partial charge in [0.15, 0.2) is 0 Å². The number of H-pyrrole nitrogens is 1. The standard InChI is InChI=1S/C6H7N3O3.C6H9N3O/c1-3-2-4(9(11)12)6(10)8-5(3)7;1-4-3-9(2)6(7)8-5(4)10/h2H,1H3,(H3,7,8,10);3H,1-2H3,(H2,7,8,10). The minimum Gasteiger partial charge on any atom is -0.385 e. The van der Waals surface area contributed by atoms with E-state index < -0.39 is 16.2 Å². The smallest absolute Gasteiger partial charge is 0.334 e. The van der Waals surface area contributed by atoms with Crippen LogP contribution in [0.5, 0.6) is 0 Å². The van der Waals surface area contributed by atoms with Crippen molar-refractivity contribution in [1.82, 2.24) is 14.5 Å². The molecule has 0 unspecified atom stereocenters. The van der Waals surface area contributed by atoms with Crippen molar-refractivity contribution < 1.29 is 4.92 Å². The summed E-state index contributed by atoms with van der Waals surface area (Å²) < 4.78 is 1.61. The monoisotopic (exact) mass is 308 g/mol. The van der Waals surface area contributed by atoms with Crippen LogP contribution < -0.4 is 22.6 Å². The van der Waals surface area contributed by atoms with Crippen LogP contribution in [0, 0.1) is 24.0 Å². The number of anilines is 2. The van der Waals surface area contributed by atoms with E-state index in [2.05, 4.69) is 9.97 Å². The Morgan fingerprint density at radius 1 is 1.27 bits per heavy atom. The first kappa shape index (κ1) is 16.9. The molecular weight excluding hydrogens is 292 g/mol. The SMILES string of the molecule is Cc1cc([N+](=O)[O-])c(=O)[nH]c1N.Cc1cn(C)c(N)nc1=O. The number of aryl methyl sites for hydroxylation is 3. The molecule has 0 bridgehead atoms. The molecule has 0 aliphatic heterocycles. The highest BCUT2D eigenvalue weighted by Gasteiger charge is 2.12. The highest BCUT2D eigenvalue weighted by molar-refractivity contribution is 5.44. The maximum Gasteiger partial charge on any atom is 0.334 e. The molecule has 118 valence electrons. The van der Waals surface area contributed by atoms with E-state index >= 15 is 0 Å². The van der Waals surface area contributed by atoms with Crippen molar-refractivity contribution in [2.24, 2.45) is 7.05 Å². The Kier molecular flexibility index (Phi) is 5.00. The molecule has 0 aliphatic rings. The Morgan fingerprint density at radius 3 is 2.36 bits per heavy atom. The van der Waals surface area contributed by atoms with Crippen molar-refractivity contribution in [3.05, 3.63) is 54.2 Å². The van der Waals surface area contributed by atoms with E-state index in [4.69, 9.17) is 11.5 Å². The van der Waals surface area contributed by atoms with Crippen LogP contribution in [0.1, 0.15) is 11.1 Å². The second-order valence-electron chi connectivity index (χ2n) is 4.54. The molecule has 22 heavy (non-hydrogen) atoms. The molecule has 2 aromatic heterocycles. The van der Waals surface area contributed by atoms with Gasteiger partial charge in [0, 0.05) is 24.9 Å². The first-order valence-corrected chi connectivity index (χ1v) is 6.07. The number of aromatic amines is 1. The summed E-state index contributed by atoms with van der Waals surface area (Å²) in [6, 6.07) is 1.15. The number of aromatic nitrogens is 3. The predicted octanol–water partition coefficient (Wildman–Crippen LogP) is -0.155. The lowest BCUT2D eigenvalue weighted by atomic mass is 10.3. The van der Waals surface area contributed by atoms with E-state index in [1.165, 1.54) is 0 Å². The quantitative estimate of drug-likeness (QED) is 0.486. The first-order valence-electron chi connectivity index (χ1n) is 6.07. The van der Waals surface area contributed by atoms with Crippen molar-refractivity contribution in [3.8, 4) is 0 Å². The van der Waals surface area contributed by atoms with E-state index in [1.807, 2.05) is 0 Å². The van der Waals surface area contributed by atoms with E-state index in [-0.39, 0.29) is 17.3 Å². The molecule has 0 aromatic carbocycles. The van der Waals surface area contributed by atoms with E-state index in [0.29, 0.717) is 11.1 Å². The van der Waals surface area contributed by atoms with Gasteiger partial charge in [0.1, 0.15) is 5.82 Å². The third kappa shape index (κ3) is 3.91. The molecule has 0 atom stereocenters. The molecule has 0 spiro atoms. The highest BCUT2D eigenvalue weighted by Crippen LogP contribution is 2.10. The van der Waals surface area contributed by atoms with Crippen LogP contribution in [0.15, 0.2) is 21.9 Å². The maximum atomic E-state index is 10.9. The van der Waals surface area contributed by atoms with Crippen LogP contribution in [0.4, 0.5) is 17.5 Å². The topological polar surface area (TPSA) is 163 Å². The normalized spacial score (nSPS) is 9.77. The van der Waals surface area contributed by atoms with E-state index in [1.54, 1.807) is 31.7 Å². The Hall–Kier alpha value is -3.17. The van der Waals surface area contributed by atoms with Crippen molar-refractivity contribution in [1.29, 1.82) is 0 Å². The van der Waals surface area contributed by atoms with Gasteiger partial charge in [-0.1, -0.05) is 0 Å². The van der Waals surface area contributed by atoms with Gasteiger partial charge in [-0.3, -0.25) is 19.7 Å². The third-order valence-corrected chi connectivity index (χ3v) is 2.76. The second-order valence-corrected chi connectivity index (χ2v) is 4.54. The summed E-state index contributed by atoms with van der Waals surface area (Å²) in [4.78, 5) is 36.9. The van der Waals surface area contributed by atoms with Gasteiger partial charge >= 0.3 is 11.2 Å². The molecule has 0 fully saturated rings. The summed E-state index contributed by atoms with van der Waals surface area (Å²) in [5.41, 5.74) is 10.2. The Bertz CT molecular complexity index is 823. The van der Waals surface area contributed by atoms with Gasteiger partial charge in [0.2, 0.25) is 5.95 Å². The van der Waals surface area contributed by atoms with E-state index in [0.717, 1.165) is 6.07 Å². The van der Waals surface area contributed by atoms with Gasteiger partial charge < -0.3 is 21.0 Å². The molecule has 0 amide bonds. The zero-order valence-electron chi connectivity index (χ0n) is 12.3. The zero-order chi connectivity index (χ0) is 17.0. The Balaban J connectivity index is 0.000000224. The number of pyridine rings is 1. The fourth-order valence-electron chi connectivity index (χ4n) is 1.45. The number of nitrogens with two attached hydrogens (primary N) is 2. The molecule has 0 radical (unpaired) electrons. The van der Waals surface area contributed by atoms with Gasteiger partial charge in [-0.15, -0.1) is 0 Å². The summed E-state index contributed by atoms with van der Waals surface area (Å²) in [7, 11) is 1.74. The molecule has 0 aliphatic carbocycles. The highest BCUT2D eigenvalue weighted by atomic mass is 16.6. The molecule has 5 N–H and O–H groups in total. The fourth-order valence-corrected chi connectivity index (χ4v) is 1.45. The van der Waals surface area contributed by atoms with Crippen molar-refractivity contribution >= 4 is 17.5 Å². The number of hydrogen-bond acceptors (Lipinski definition) is 7. The predicted molar refractivity (Wildman–Crippen MR) is 81.5 cm³/mol. The summed E-state index contributed by atoms with van der Waals surface area (Å²) in [6.45, 7) is 3.28. The molecule has 10 nitrogen and oxygen atoms in total. The van der Waals surface area contributed by atoms with E-state index in [9.17, 15) is 19.7 Å². The van der Waals surface area contributed by atoms with Gasteiger partial charge in [-0.2, -0.15) is 4.98 Å². The van der Waals surface area contributed by atoms with Gasteiger partial charge in [0.25, 0.3) is 5.56 Å². The lowest BCUT2D eigenvalue weighted by Crippen LogP contribution is -2.16. The summed E-state index contributed by atoms with van der Waals surface area (Å²) >= 11 is 0. The van der Waals surface area contributed by atoms with Crippen LogP contribution in [0.25, 0.3) is 0 Å². The fraction of sp³-hybridized carbons (Fsp3) is 0.250. The van der Waals surface area contributed by atoms with Gasteiger partial charge in [-0.25, -0.2) is 0 Å². The molecular formula is C12H16N6O4. The minimum atomic E-state index is -0.775. The molecule has 2 rings (SSSR count). The molecule has 10 heteroatoms. The number of rotatable bonds is 1. The van der Waals surface area contributed by atoms with Crippen LogP contribution in [0.3, 0.4) is 0 Å². The molecule has 0 saturated carbocycles. The third-order valence-electron chi connectivity index (χ3n) is 2.76. The summed E-state index contributed by atoms with van der Waals surface area (Å²) in [5, 5.41) is 10.2. The van der Waals surface area contributed by atoms with Crippen LogP contribution in [-0.4, -0.2) is 19.5 Å². The lowest BCUT2D eigenvalue weighted by molar-refractivity contribution is -0.386. The van der Waals surface area contributed by atoms with Crippen LogP contribution in [-0.2, 0) is 7.05 Å². The minimum absolute atomic E-state index is 0.158. The average molecular weight is 308 g/mol. The average Bonchev–Trinajstić information content (AvgIpc) is 2.41. The largest absolute Gasteiger partial charge is 0.385 e. The van der Waals surface area contributed by atoms with Gasteiger partial charge in [-0.05, 0) is 19.4 Å². The summed E-state index contributed by atoms with van der Waals surface area (Å²) in [6.07, 6.45) is 1.66. The Morgan fingerprint density at radius 2 is 1.86 bits per heavy atom. The molecule has 2 heterocycles. The Labute approximate surface area is 124 Å². The number of nitrogens with one attached hydrogen (secondary N) is 1. The summed E-state index contributed by atoms with van der Waals surface area (Å²) in [5.74, 6) is 0.404. The lowest BCUT2D eigenvalue weighted by Gasteiger charge is -2.00. The number of nitrogens with zero attached hydrogens (tertiary/aromatic N) is 3. The van der Waals surface area contributed by atoms with Gasteiger partial charge in [0.05, 0.1) is 4.92 Å². The molecule has 2 aromatic rings. The second kappa shape index (κ2) is 6.52. The first-order chi connectivity index (χ1) is 10.1. The maximum absolute atomic E-state index is 10.9.